The van der Waals surface area contributed by atoms with Crippen LogP contribution in [0.1, 0.15) is 52.0 Å². The molecule has 0 spiro atoms. The van der Waals surface area contributed by atoms with Crippen molar-refractivity contribution in [2.75, 3.05) is 5.32 Å². The van der Waals surface area contributed by atoms with Crippen molar-refractivity contribution in [2.24, 2.45) is 5.92 Å². The van der Waals surface area contributed by atoms with E-state index in [0.29, 0.717) is 6.04 Å². The molecule has 1 N–H and O–H groups in total. The molecule has 0 aromatic carbocycles. The van der Waals surface area contributed by atoms with Crippen LogP contribution < -0.4 is 5.32 Å². The Balaban J connectivity index is 2.03. The Morgan fingerprint density at radius 3 is 2.83 bits per heavy atom. The van der Waals surface area contributed by atoms with E-state index < -0.39 is 0 Å². The molecule has 0 radical (unpaired) electrons. The standard InChI is InChI=1S/C14H22N4/c1-11(2)18-9-8-14(17-18)16-13-7-5-3-4-6-12(13)10-15/h8-9,11-13H,3-7H2,1-2H3,(H,16,17). The van der Waals surface area contributed by atoms with Crippen molar-refractivity contribution in [3.05, 3.63) is 12.3 Å². The maximum atomic E-state index is 9.24. The molecule has 4 heteroatoms. The first-order valence-electron chi connectivity index (χ1n) is 6.92. The molecule has 4 nitrogen and oxygen atoms in total. The van der Waals surface area contributed by atoms with E-state index in [1.807, 2.05) is 16.9 Å². The Hall–Kier alpha value is -1.50. The third kappa shape index (κ3) is 3.04. The van der Waals surface area contributed by atoms with Crippen molar-refractivity contribution >= 4 is 5.82 Å². The lowest BCUT2D eigenvalue weighted by Gasteiger charge is -2.20. The van der Waals surface area contributed by atoms with Gasteiger partial charge in [0, 0.05) is 24.3 Å². The van der Waals surface area contributed by atoms with E-state index >= 15 is 0 Å². The molecule has 1 aromatic rings. The number of hydrogen-bond donors (Lipinski definition) is 1. The van der Waals surface area contributed by atoms with Gasteiger partial charge in [-0.3, -0.25) is 4.68 Å². The number of nitrogens with zero attached hydrogens (tertiary/aromatic N) is 3. The third-order valence-electron chi connectivity index (χ3n) is 3.65. The second-order valence-electron chi connectivity index (χ2n) is 5.40. The summed E-state index contributed by atoms with van der Waals surface area (Å²) in [6, 6.07) is 5.08. The van der Waals surface area contributed by atoms with Crippen LogP contribution in [0.15, 0.2) is 12.3 Å². The van der Waals surface area contributed by atoms with Gasteiger partial charge in [-0.05, 0) is 26.7 Å². The zero-order chi connectivity index (χ0) is 13.0. The molecular weight excluding hydrogens is 224 g/mol. The van der Waals surface area contributed by atoms with Crippen molar-refractivity contribution in [3.63, 3.8) is 0 Å². The average molecular weight is 246 g/mol. The number of hydrogen-bond acceptors (Lipinski definition) is 3. The van der Waals surface area contributed by atoms with E-state index in [4.69, 9.17) is 0 Å². The molecule has 1 aliphatic carbocycles. The van der Waals surface area contributed by atoms with Crippen LogP contribution in [-0.4, -0.2) is 15.8 Å². The molecule has 1 fully saturated rings. The lowest BCUT2D eigenvalue weighted by molar-refractivity contribution is 0.505. The first-order chi connectivity index (χ1) is 8.70. The molecule has 18 heavy (non-hydrogen) atoms. The molecule has 98 valence electrons. The minimum absolute atomic E-state index is 0.122. The zero-order valence-corrected chi connectivity index (χ0v) is 11.3. The van der Waals surface area contributed by atoms with Gasteiger partial charge in [0.1, 0.15) is 5.82 Å². The summed E-state index contributed by atoms with van der Waals surface area (Å²) in [5, 5.41) is 17.2. The summed E-state index contributed by atoms with van der Waals surface area (Å²) < 4.78 is 1.94. The van der Waals surface area contributed by atoms with Crippen LogP contribution in [0.5, 0.6) is 0 Å². The second-order valence-corrected chi connectivity index (χ2v) is 5.40. The Morgan fingerprint density at radius 1 is 1.39 bits per heavy atom. The maximum absolute atomic E-state index is 9.24. The van der Waals surface area contributed by atoms with Crippen molar-refractivity contribution in [3.8, 4) is 6.07 Å². The van der Waals surface area contributed by atoms with E-state index in [1.165, 1.54) is 19.3 Å². The molecule has 0 saturated heterocycles. The first kappa shape index (κ1) is 12.9. The lowest BCUT2D eigenvalue weighted by Crippen LogP contribution is -2.27. The average Bonchev–Trinajstić information content (AvgIpc) is 2.70. The van der Waals surface area contributed by atoms with Crippen molar-refractivity contribution in [1.29, 1.82) is 5.26 Å². The topological polar surface area (TPSA) is 53.6 Å². The molecule has 0 aliphatic heterocycles. The van der Waals surface area contributed by atoms with Crippen LogP contribution in [0.25, 0.3) is 0 Å². The van der Waals surface area contributed by atoms with Gasteiger partial charge in [0.2, 0.25) is 0 Å². The second kappa shape index (κ2) is 5.90. The monoisotopic (exact) mass is 246 g/mol. The Morgan fingerprint density at radius 2 is 2.17 bits per heavy atom. The number of nitrogens with one attached hydrogen (secondary N) is 1. The van der Waals surface area contributed by atoms with E-state index in [0.717, 1.165) is 18.7 Å². The summed E-state index contributed by atoms with van der Waals surface area (Å²) in [6.07, 6.45) is 7.71. The highest BCUT2D eigenvalue weighted by atomic mass is 15.3. The number of anilines is 1. The quantitative estimate of drug-likeness (QED) is 0.832. The number of aromatic nitrogens is 2. The van der Waals surface area contributed by atoms with Crippen LogP contribution in [0.2, 0.25) is 0 Å². The highest BCUT2D eigenvalue weighted by Gasteiger charge is 2.23. The van der Waals surface area contributed by atoms with E-state index in [-0.39, 0.29) is 12.0 Å². The SMILES string of the molecule is CC(C)n1ccc(NC2CCCCCC2C#N)n1. The van der Waals surface area contributed by atoms with Crippen LogP contribution in [0.3, 0.4) is 0 Å². The van der Waals surface area contributed by atoms with Gasteiger partial charge in [0.25, 0.3) is 0 Å². The van der Waals surface area contributed by atoms with Crippen molar-refractivity contribution < 1.29 is 0 Å². The minimum Gasteiger partial charge on any atom is -0.365 e. The predicted molar refractivity (Wildman–Crippen MR) is 72.2 cm³/mol. The summed E-state index contributed by atoms with van der Waals surface area (Å²) in [4.78, 5) is 0. The fraction of sp³-hybridized carbons (Fsp3) is 0.714. The van der Waals surface area contributed by atoms with Gasteiger partial charge >= 0.3 is 0 Å². The van der Waals surface area contributed by atoms with Gasteiger partial charge in [0.05, 0.1) is 12.0 Å². The molecule has 2 rings (SSSR count). The molecule has 1 aromatic heterocycles. The fourth-order valence-electron chi connectivity index (χ4n) is 2.53. The Kier molecular flexibility index (Phi) is 4.24. The summed E-state index contributed by atoms with van der Waals surface area (Å²) in [7, 11) is 0. The molecule has 0 amide bonds. The van der Waals surface area contributed by atoms with Gasteiger partial charge in [-0.1, -0.05) is 19.3 Å². The van der Waals surface area contributed by atoms with Gasteiger partial charge in [-0.15, -0.1) is 0 Å². The summed E-state index contributed by atoms with van der Waals surface area (Å²) in [6.45, 7) is 4.22. The van der Waals surface area contributed by atoms with E-state index in [9.17, 15) is 5.26 Å². The van der Waals surface area contributed by atoms with Crippen molar-refractivity contribution in [1.82, 2.24) is 9.78 Å². The molecule has 2 unspecified atom stereocenters. The normalized spacial score (nSPS) is 24.6. The summed E-state index contributed by atoms with van der Waals surface area (Å²) in [5.74, 6) is 1.02. The highest BCUT2D eigenvalue weighted by Crippen LogP contribution is 2.25. The predicted octanol–water partition coefficient (Wildman–Crippen LogP) is 3.35. The maximum Gasteiger partial charge on any atom is 0.148 e. The molecule has 2 atom stereocenters. The Bertz CT molecular complexity index is 416. The van der Waals surface area contributed by atoms with Crippen LogP contribution in [0, 0.1) is 17.2 Å². The third-order valence-corrected chi connectivity index (χ3v) is 3.65. The molecular formula is C14H22N4. The highest BCUT2D eigenvalue weighted by molar-refractivity contribution is 5.34. The zero-order valence-electron chi connectivity index (χ0n) is 11.3. The largest absolute Gasteiger partial charge is 0.365 e. The van der Waals surface area contributed by atoms with Gasteiger partial charge in [-0.2, -0.15) is 10.4 Å². The first-order valence-corrected chi connectivity index (χ1v) is 6.92. The Labute approximate surface area is 109 Å². The van der Waals surface area contributed by atoms with Crippen LogP contribution >= 0.6 is 0 Å². The number of rotatable bonds is 3. The van der Waals surface area contributed by atoms with Gasteiger partial charge < -0.3 is 5.32 Å². The van der Waals surface area contributed by atoms with E-state index in [2.05, 4.69) is 30.3 Å². The van der Waals surface area contributed by atoms with Crippen LogP contribution in [-0.2, 0) is 0 Å². The van der Waals surface area contributed by atoms with Crippen molar-refractivity contribution in [2.45, 2.75) is 58.0 Å². The summed E-state index contributed by atoms with van der Waals surface area (Å²) in [5.41, 5.74) is 0. The summed E-state index contributed by atoms with van der Waals surface area (Å²) >= 11 is 0. The minimum atomic E-state index is 0.122. The molecule has 0 bridgehead atoms. The van der Waals surface area contributed by atoms with E-state index in [1.54, 1.807) is 0 Å². The van der Waals surface area contributed by atoms with Crippen LogP contribution in [0.4, 0.5) is 5.82 Å². The smallest absolute Gasteiger partial charge is 0.148 e. The number of nitriles is 1. The molecule has 1 saturated carbocycles. The fourth-order valence-corrected chi connectivity index (χ4v) is 2.53. The van der Waals surface area contributed by atoms with Gasteiger partial charge in [-0.25, -0.2) is 0 Å². The molecule has 1 aliphatic rings. The molecule has 1 heterocycles. The van der Waals surface area contributed by atoms with Gasteiger partial charge in [0.15, 0.2) is 0 Å². The lowest BCUT2D eigenvalue weighted by atomic mass is 9.96.